The lowest BCUT2D eigenvalue weighted by molar-refractivity contribution is -0.133. The summed E-state index contributed by atoms with van der Waals surface area (Å²) >= 11 is 2.45. The third-order valence-electron chi connectivity index (χ3n) is 5.28. The third-order valence-corrected chi connectivity index (χ3v) is 7.37. The van der Waals surface area contributed by atoms with Gasteiger partial charge in [0.15, 0.2) is 5.13 Å². The van der Waals surface area contributed by atoms with E-state index in [1.165, 1.54) is 35.2 Å². The molecule has 9 heteroatoms. The number of nitrogens with zero attached hydrogens (tertiary/aromatic N) is 2. The Morgan fingerprint density at radius 2 is 1.97 bits per heavy atom. The molecule has 1 aromatic heterocycles. The molecule has 6 nitrogen and oxygen atoms in total. The topological polar surface area (TPSA) is 82.5 Å². The predicted molar refractivity (Wildman–Crippen MR) is 118 cm³/mol. The van der Waals surface area contributed by atoms with E-state index < -0.39 is 5.97 Å². The van der Waals surface area contributed by atoms with E-state index >= 15 is 0 Å². The summed E-state index contributed by atoms with van der Waals surface area (Å²) in [6, 6.07) is 6.35. The Bertz CT molecular complexity index is 851. The maximum absolute atomic E-state index is 13.2. The first kappa shape index (κ1) is 22.6. The summed E-state index contributed by atoms with van der Waals surface area (Å²) in [6.07, 6.45) is 6.36. The van der Waals surface area contributed by atoms with Crippen LogP contribution in [0.5, 0.6) is 0 Å². The van der Waals surface area contributed by atoms with Crippen LogP contribution in [0.4, 0.5) is 14.3 Å². The molecule has 1 saturated carbocycles. The molecule has 1 heterocycles. The summed E-state index contributed by atoms with van der Waals surface area (Å²) in [6.45, 7) is 2.79. The summed E-state index contributed by atoms with van der Waals surface area (Å²) in [4.78, 5) is 29.9. The number of aromatic nitrogens is 1. The Labute approximate surface area is 183 Å². The molecule has 0 spiro atoms. The molecule has 0 aliphatic heterocycles. The Morgan fingerprint density at radius 3 is 2.63 bits per heavy atom. The second-order valence-corrected chi connectivity index (χ2v) is 9.89. The van der Waals surface area contributed by atoms with Crippen molar-refractivity contribution in [2.24, 2.45) is 5.92 Å². The second kappa shape index (κ2) is 10.8. The fourth-order valence-corrected chi connectivity index (χ4v) is 5.17. The zero-order chi connectivity index (χ0) is 21.5. The highest BCUT2D eigenvalue weighted by Crippen LogP contribution is 2.30. The van der Waals surface area contributed by atoms with Gasteiger partial charge in [-0.3, -0.25) is 10.1 Å². The van der Waals surface area contributed by atoms with Crippen molar-refractivity contribution in [3.63, 3.8) is 0 Å². The van der Waals surface area contributed by atoms with Crippen LogP contribution in [0.1, 0.15) is 38.2 Å². The van der Waals surface area contributed by atoms with E-state index in [0.29, 0.717) is 24.0 Å². The number of carboxylic acids is 1. The number of carboxylic acid groups (broad SMARTS) is 1. The highest BCUT2D eigenvalue weighted by molar-refractivity contribution is 8.01. The number of carbonyl (C=O) groups is 2. The highest BCUT2D eigenvalue weighted by Gasteiger charge is 2.28. The van der Waals surface area contributed by atoms with Gasteiger partial charge in [0, 0.05) is 12.6 Å². The summed E-state index contributed by atoms with van der Waals surface area (Å²) in [5.74, 6) is -0.525. The molecule has 0 saturated heterocycles. The van der Waals surface area contributed by atoms with Gasteiger partial charge in [-0.15, -0.1) is 11.8 Å². The first-order valence-electron chi connectivity index (χ1n) is 10.0. The van der Waals surface area contributed by atoms with E-state index in [2.05, 4.69) is 17.2 Å². The van der Waals surface area contributed by atoms with E-state index in [9.17, 15) is 14.0 Å². The first-order valence-corrected chi connectivity index (χ1v) is 11.8. The summed E-state index contributed by atoms with van der Waals surface area (Å²) in [7, 11) is 0. The van der Waals surface area contributed by atoms with Crippen LogP contribution in [-0.4, -0.2) is 45.3 Å². The summed E-state index contributed by atoms with van der Waals surface area (Å²) in [5, 5.41) is 12.1. The van der Waals surface area contributed by atoms with Gasteiger partial charge in [-0.1, -0.05) is 30.4 Å². The Morgan fingerprint density at radius 1 is 1.27 bits per heavy atom. The lowest BCUT2D eigenvalue weighted by Gasteiger charge is -2.36. The molecule has 1 aromatic carbocycles. The van der Waals surface area contributed by atoms with Gasteiger partial charge in [0.25, 0.3) is 0 Å². The van der Waals surface area contributed by atoms with Gasteiger partial charge in [-0.05, 0) is 55.7 Å². The van der Waals surface area contributed by atoms with Gasteiger partial charge in [0.05, 0.1) is 16.2 Å². The van der Waals surface area contributed by atoms with Crippen LogP contribution in [-0.2, 0) is 11.2 Å². The molecular weight excluding hydrogens is 425 g/mol. The largest absolute Gasteiger partial charge is 0.481 e. The molecule has 0 bridgehead atoms. The van der Waals surface area contributed by atoms with Crippen molar-refractivity contribution in [1.29, 1.82) is 0 Å². The molecule has 0 radical (unpaired) electrons. The van der Waals surface area contributed by atoms with Crippen LogP contribution in [0.15, 0.2) is 34.7 Å². The van der Waals surface area contributed by atoms with Crippen LogP contribution < -0.4 is 5.32 Å². The van der Waals surface area contributed by atoms with Gasteiger partial charge in [0.1, 0.15) is 5.82 Å². The van der Waals surface area contributed by atoms with Crippen molar-refractivity contribution in [2.45, 2.75) is 49.3 Å². The van der Waals surface area contributed by atoms with Crippen LogP contribution in [0.25, 0.3) is 0 Å². The zero-order valence-electron chi connectivity index (χ0n) is 16.8. The molecule has 2 N–H and O–H groups in total. The first-order chi connectivity index (χ1) is 14.4. The highest BCUT2D eigenvalue weighted by atomic mass is 32.2. The quantitative estimate of drug-likeness (QED) is 0.545. The number of thioether (sulfide) groups is 1. The number of rotatable bonds is 8. The number of aliphatic carboxylic acids is 1. The minimum atomic E-state index is -0.891. The van der Waals surface area contributed by atoms with Crippen LogP contribution in [0.2, 0.25) is 0 Å². The average Bonchev–Trinajstić information content (AvgIpc) is 3.16. The Balaban J connectivity index is 1.64. The number of carbonyl (C=O) groups excluding carboxylic acids is 1. The van der Waals surface area contributed by atoms with Crippen molar-refractivity contribution < 1.29 is 19.1 Å². The number of anilines is 1. The number of halogens is 1. The standard InChI is InChI=1S/C21H26FN3O3S2/c1-14-2-8-17(9-3-14)25(11-10-15-4-6-16(22)7-5-15)21(28)24-20-23-12-19(30-20)29-13-18(26)27/h4-7,12,14,17H,2-3,8-11,13H2,1H3,(H,26,27)(H,23,24,28)/t14-,17-. The molecule has 30 heavy (non-hydrogen) atoms. The monoisotopic (exact) mass is 451 g/mol. The Kier molecular flexibility index (Phi) is 8.09. The van der Waals surface area contributed by atoms with Crippen molar-refractivity contribution >= 4 is 40.2 Å². The van der Waals surface area contributed by atoms with Gasteiger partial charge >= 0.3 is 12.0 Å². The fourth-order valence-electron chi connectivity index (χ4n) is 3.58. The van der Waals surface area contributed by atoms with Crippen molar-refractivity contribution in [1.82, 2.24) is 9.88 Å². The fraction of sp³-hybridized carbons (Fsp3) is 0.476. The number of hydrogen-bond acceptors (Lipinski definition) is 5. The van der Waals surface area contributed by atoms with Gasteiger partial charge in [-0.25, -0.2) is 14.2 Å². The van der Waals surface area contributed by atoms with E-state index in [-0.39, 0.29) is 23.6 Å². The molecule has 2 amide bonds. The number of amides is 2. The van der Waals surface area contributed by atoms with E-state index in [1.807, 2.05) is 4.90 Å². The molecule has 1 aliphatic rings. The minimum absolute atomic E-state index is 0.0420. The van der Waals surface area contributed by atoms with Crippen molar-refractivity contribution in [3.8, 4) is 0 Å². The molecule has 1 aliphatic carbocycles. The summed E-state index contributed by atoms with van der Waals surface area (Å²) in [5.41, 5.74) is 0.986. The number of urea groups is 1. The SMILES string of the molecule is C[C@H]1CC[C@H](N(CCc2ccc(F)cc2)C(=O)Nc2ncc(SCC(=O)O)s2)CC1. The minimum Gasteiger partial charge on any atom is -0.481 e. The number of nitrogens with one attached hydrogen (secondary N) is 1. The van der Waals surface area contributed by atoms with Gasteiger partial charge in [0.2, 0.25) is 0 Å². The molecule has 0 unspecified atom stereocenters. The number of thiazole rings is 1. The van der Waals surface area contributed by atoms with Crippen molar-refractivity contribution in [2.75, 3.05) is 17.6 Å². The Hall–Kier alpha value is -2.13. The maximum Gasteiger partial charge on any atom is 0.323 e. The van der Waals surface area contributed by atoms with Crippen LogP contribution in [0, 0.1) is 11.7 Å². The lowest BCUT2D eigenvalue weighted by Crippen LogP contribution is -2.45. The van der Waals surface area contributed by atoms with E-state index in [4.69, 9.17) is 5.11 Å². The number of benzene rings is 1. The summed E-state index contributed by atoms with van der Waals surface area (Å²) < 4.78 is 13.9. The maximum atomic E-state index is 13.2. The normalized spacial score (nSPS) is 18.7. The lowest BCUT2D eigenvalue weighted by atomic mass is 9.86. The molecule has 2 aromatic rings. The van der Waals surface area contributed by atoms with Crippen LogP contribution >= 0.6 is 23.1 Å². The van der Waals surface area contributed by atoms with Crippen LogP contribution in [0.3, 0.4) is 0 Å². The van der Waals surface area contributed by atoms with E-state index in [0.717, 1.165) is 35.5 Å². The van der Waals surface area contributed by atoms with Gasteiger partial charge in [-0.2, -0.15) is 0 Å². The predicted octanol–water partition coefficient (Wildman–Crippen LogP) is 5.11. The molecule has 1 fully saturated rings. The average molecular weight is 452 g/mol. The molecule has 3 rings (SSSR count). The molecular formula is C21H26FN3O3S2. The molecule has 162 valence electrons. The van der Waals surface area contributed by atoms with Gasteiger partial charge < -0.3 is 10.0 Å². The molecule has 0 atom stereocenters. The second-order valence-electron chi connectivity index (χ2n) is 7.58. The third kappa shape index (κ3) is 6.70. The van der Waals surface area contributed by atoms with Crippen molar-refractivity contribution in [3.05, 3.63) is 41.8 Å². The van der Waals surface area contributed by atoms with E-state index in [1.54, 1.807) is 18.3 Å². The zero-order valence-corrected chi connectivity index (χ0v) is 18.5. The number of hydrogen-bond donors (Lipinski definition) is 2. The smallest absolute Gasteiger partial charge is 0.323 e.